The molecule has 1 fully saturated rings. The van der Waals surface area contributed by atoms with Crippen molar-refractivity contribution in [1.82, 2.24) is 14.7 Å². The molecule has 0 spiro atoms. The van der Waals surface area contributed by atoms with Crippen LogP contribution in [0.4, 0.5) is 0 Å². The average Bonchev–Trinajstić information content (AvgIpc) is 2.87. The second kappa shape index (κ2) is 6.39. The van der Waals surface area contributed by atoms with E-state index < -0.39 is 11.4 Å². The van der Waals surface area contributed by atoms with Crippen LogP contribution in [0.15, 0.2) is 12.4 Å². The highest BCUT2D eigenvalue weighted by atomic mass is 16.4. The number of carboxylic acid groups (broad SMARTS) is 1. The van der Waals surface area contributed by atoms with E-state index in [4.69, 9.17) is 0 Å². The Morgan fingerprint density at radius 1 is 1.50 bits per heavy atom. The topological polar surface area (TPSA) is 58.4 Å². The second-order valence-corrected chi connectivity index (χ2v) is 5.85. The Bertz CT molecular complexity index is 454. The van der Waals surface area contributed by atoms with Crippen molar-refractivity contribution in [2.75, 3.05) is 13.1 Å². The number of piperidine rings is 1. The lowest BCUT2D eigenvalue weighted by atomic mass is 9.76. The summed E-state index contributed by atoms with van der Waals surface area (Å²) in [5, 5.41) is 13.9. The summed E-state index contributed by atoms with van der Waals surface area (Å²) in [6.07, 6.45) is 7.41. The molecule has 0 radical (unpaired) electrons. The molecule has 5 heteroatoms. The number of aliphatic carboxylic acids is 1. The molecule has 0 aromatic carbocycles. The molecular weight excluding hydrogens is 254 g/mol. The zero-order chi connectivity index (χ0) is 14.6. The maximum atomic E-state index is 11.7. The Morgan fingerprint density at radius 3 is 2.90 bits per heavy atom. The first-order chi connectivity index (χ1) is 9.59. The maximum Gasteiger partial charge on any atom is 0.310 e. The number of aromatic nitrogens is 2. The molecule has 0 saturated carbocycles. The summed E-state index contributed by atoms with van der Waals surface area (Å²) < 4.78 is 1.91. The fourth-order valence-corrected chi connectivity index (χ4v) is 3.25. The molecule has 5 nitrogen and oxygen atoms in total. The third-order valence-corrected chi connectivity index (χ3v) is 4.26. The van der Waals surface area contributed by atoms with Crippen LogP contribution < -0.4 is 0 Å². The Kier molecular flexibility index (Phi) is 4.81. The van der Waals surface area contributed by atoms with Gasteiger partial charge in [0, 0.05) is 31.4 Å². The molecule has 1 aliphatic heterocycles. The predicted molar refractivity (Wildman–Crippen MR) is 77.4 cm³/mol. The van der Waals surface area contributed by atoms with Crippen LogP contribution in [0.1, 0.15) is 45.1 Å². The Balaban J connectivity index is 2.03. The largest absolute Gasteiger partial charge is 0.481 e. The monoisotopic (exact) mass is 279 g/mol. The van der Waals surface area contributed by atoms with Gasteiger partial charge in [-0.2, -0.15) is 5.10 Å². The van der Waals surface area contributed by atoms with Gasteiger partial charge in [-0.1, -0.05) is 13.3 Å². The van der Waals surface area contributed by atoms with Gasteiger partial charge < -0.3 is 5.11 Å². The van der Waals surface area contributed by atoms with Crippen LogP contribution in [0.2, 0.25) is 0 Å². The van der Waals surface area contributed by atoms with Crippen LogP contribution in [0.3, 0.4) is 0 Å². The van der Waals surface area contributed by atoms with Gasteiger partial charge in [0.25, 0.3) is 0 Å². The van der Waals surface area contributed by atoms with E-state index in [1.54, 1.807) is 0 Å². The first-order valence-corrected chi connectivity index (χ1v) is 7.56. The molecule has 112 valence electrons. The minimum absolute atomic E-state index is 0.548. The molecule has 0 amide bonds. The molecule has 1 aromatic heterocycles. The molecule has 2 rings (SSSR count). The van der Waals surface area contributed by atoms with Crippen molar-refractivity contribution in [2.45, 2.75) is 52.6 Å². The normalized spacial score (nSPS) is 23.9. The zero-order valence-corrected chi connectivity index (χ0v) is 12.5. The number of rotatable bonds is 6. The zero-order valence-electron chi connectivity index (χ0n) is 12.5. The van der Waals surface area contributed by atoms with Crippen molar-refractivity contribution in [2.24, 2.45) is 5.41 Å². The SMILES string of the molecule is CCCC1(C(=O)O)CCCN(Cc2cnn(CC)c2)C1. The highest BCUT2D eigenvalue weighted by molar-refractivity contribution is 5.75. The molecular formula is C15H25N3O2. The first kappa shape index (κ1) is 15.0. The van der Waals surface area contributed by atoms with Crippen LogP contribution >= 0.6 is 0 Å². The molecule has 1 N–H and O–H groups in total. The van der Waals surface area contributed by atoms with E-state index >= 15 is 0 Å². The summed E-state index contributed by atoms with van der Waals surface area (Å²) in [6.45, 7) is 7.44. The number of aryl methyl sites for hydroxylation is 1. The van der Waals surface area contributed by atoms with Gasteiger partial charge in [-0.25, -0.2) is 0 Å². The third kappa shape index (κ3) is 3.20. The highest BCUT2D eigenvalue weighted by Gasteiger charge is 2.41. The lowest BCUT2D eigenvalue weighted by molar-refractivity contribution is -0.153. The standard InChI is InChI=1S/C15H25N3O2/c1-3-6-15(14(19)20)7-5-8-17(12-15)10-13-9-16-18(4-2)11-13/h9,11H,3-8,10,12H2,1-2H3,(H,19,20). The fourth-order valence-electron chi connectivity index (χ4n) is 3.25. The van der Waals surface area contributed by atoms with Crippen molar-refractivity contribution in [3.05, 3.63) is 18.0 Å². The van der Waals surface area contributed by atoms with Crippen LogP contribution in [0.25, 0.3) is 0 Å². The second-order valence-electron chi connectivity index (χ2n) is 5.85. The van der Waals surface area contributed by atoms with Crippen LogP contribution in [-0.4, -0.2) is 38.8 Å². The summed E-state index contributed by atoms with van der Waals surface area (Å²) in [5.41, 5.74) is 0.623. The number of carboxylic acids is 1. The number of hydrogen-bond donors (Lipinski definition) is 1. The van der Waals surface area contributed by atoms with E-state index in [0.717, 1.165) is 45.3 Å². The van der Waals surface area contributed by atoms with Crippen molar-refractivity contribution in [3.63, 3.8) is 0 Å². The lowest BCUT2D eigenvalue weighted by Gasteiger charge is -2.39. The molecule has 1 aliphatic rings. The summed E-state index contributed by atoms with van der Waals surface area (Å²) in [7, 11) is 0. The van der Waals surface area contributed by atoms with Gasteiger partial charge in [-0.15, -0.1) is 0 Å². The molecule has 1 unspecified atom stereocenters. The van der Waals surface area contributed by atoms with E-state index in [0.29, 0.717) is 6.54 Å². The Morgan fingerprint density at radius 2 is 2.30 bits per heavy atom. The predicted octanol–water partition coefficient (Wildman–Crippen LogP) is 2.37. The van der Waals surface area contributed by atoms with Crippen molar-refractivity contribution < 1.29 is 9.90 Å². The van der Waals surface area contributed by atoms with E-state index in [1.165, 1.54) is 5.56 Å². The van der Waals surface area contributed by atoms with Gasteiger partial charge in [0.2, 0.25) is 0 Å². The van der Waals surface area contributed by atoms with Gasteiger partial charge in [0.15, 0.2) is 0 Å². The molecule has 0 aliphatic carbocycles. The molecule has 0 bridgehead atoms. The smallest absolute Gasteiger partial charge is 0.310 e. The Hall–Kier alpha value is -1.36. The van der Waals surface area contributed by atoms with Crippen molar-refractivity contribution in [1.29, 1.82) is 0 Å². The quantitative estimate of drug-likeness (QED) is 0.868. The van der Waals surface area contributed by atoms with Gasteiger partial charge in [0.1, 0.15) is 0 Å². The summed E-state index contributed by atoms with van der Waals surface area (Å²) in [6, 6.07) is 0. The van der Waals surface area contributed by atoms with E-state index in [1.807, 2.05) is 10.9 Å². The molecule has 20 heavy (non-hydrogen) atoms. The van der Waals surface area contributed by atoms with E-state index in [-0.39, 0.29) is 0 Å². The van der Waals surface area contributed by atoms with Gasteiger partial charge in [-0.3, -0.25) is 14.4 Å². The number of nitrogens with zero attached hydrogens (tertiary/aromatic N) is 3. The van der Waals surface area contributed by atoms with Crippen LogP contribution in [0, 0.1) is 5.41 Å². The average molecular weight is 279 g/mol. The number of likely N-dealkylation sites (tertiary alicyclic amines) is 1. The third-order valence-electron chi connectivity index (χ3n) is 4.26. The van der Waals surface area contributed by atoms with Crippen molar-refractivity contribution >= 4 is 5.97 Å². The Labute approximate surface area is 120 Å². The van der Waals surface area contributed by atoms with E-state index in [9.17, 15) is 9.90 Å². The van der Waals surface area contributed by atoms with Crippen molar-refractivity contribution in [3.8, 4) is 0 Å². The number of carbonyl (C=O) groups is 1. The number of hydrogen-bond acceptors (Lipinski definition) is 3. The molecule has 1 aromatic rings. The highest BCUT2D eigenvalue weighted by Crippen LogP contribution is 2.35. The van der Waals surface area contributed by atoms with Crippen LogP contribution in [-0.2, 0) is 17.9 Å². The van der Waals surface area contributed by atoms with Crippen LogP contribution in [0.5, 0.6) is 0 Å². The van der Waals surface area contributed by atoms with Gasteiger partial charge in [-0.05, 0) is 32.7 Å². The lowest BCUT2D eigenvalue weighted by Crippen LogP contribution is -2.47. The maximum absolute atomic E-state index is 11.7. The van der Waals surface area contributed by atoms with Gasteiger partial charge >= 0.3 is 5.97 Å². The summed E-state index contributed by atoms with van der Waals surface area (Å²) in [5.74, 6) is -0.631. The molecule has 2 heterocycles. The molecule has 1 atom stereocenters. The fraction of sp³-hybridized carbons (Fsp3) is 0.733. The first-order valence-electron chi connectivity index (χ1n) is 7.56. The summed E-state index contributed by atoms with van der Waals surface area (Å²) in [4.78, 5) is 13.9. The summed E-state index contributed by atoms with van der Waals surface area (Å²) >= 11 is 0. The minimum Gasteiger partial charge on any atom is -0.481 e. The van der Waals surface area contributed by atoms with E-state index in [2.05, 4.69) is 30.0 Å². The molecule has 1 saturated heterocycles. The van der Waals surface area contributed by atoms with Gasteiger partial charge in [0.05, 0.1) is 11.6 Å². The minimum atomic E-state index is -0.631.